The molecule has 0 unspecified atom stereocenters. The number of hydrogen-bond donors (Lipinski definition) is 3. The van der Waals surface area contributed by atoms with Crippen molar-refractivity contribution in [3.05, 3.63) is 48.5 Å². The molecule has 0 radical (unpaired) electrons. The Balaban J connectivity index is 2.30. The first kappa shape index (κ1) is 14.7. The van der Waals surface area contributed by atoms with Crippen LogP contribution in [-0.4, -0.2) is 22.2 Å². The molecule has 21 heavy (non-hydrogen) atoms. The number of halogens is 3. The first-order valence-electron chi connectivity index (χ1n) is 5.85. The van der Waals surface area contributed by atoms with Crippen molar-refractivity contribution in [2.45, 2.75) is 6.18 Å². The van der Waals surface area contributed by atoms with E-state index >= 15 is 0 Å². The lowest BCUT2D eigenvalue weighted by atomic mass is 10.3. The van der Waals surface area contributed by atoms with Crippen LogP contribution in [0.5, 0.6) is 11.5 Å². The van der Waals surface area contributed by atoms with Gasteiger partial charge in [0.1, 0.15) is 11.5 Å². The van der Waals surface area contributed by atoms with E-state index in [1.807, 2.05) is 0 Å². The van der Waals surface area contributed by atoms with Crippen molar-refractivity contribution in [3.63, 3.8) is 0 Å². The molecular formula is C14H11F3N2O2. The fraction of sp³-hybridized carbons (Fsp3) is 0.0714. The van der Waals surface area contributed by atoms with Crippen LogP contribution in [0.1, 0.15) is 0 Å². The molecule has 0 saturated carbocycles. The van der Waals surface area contributed by atoms with E-state index in [-0.39, 0.29) is 22.9 Å². The second-order valence-corrected chi connectivity index (χ2v) is 4.15. The van der Waals surface area contributed by atoms with E-state index in [4.69, 9.17) is 10.2 Å². The molecule has 2 aromatic rings. The highest BCUT2D eigenvalue weighted by atomic mass is 19.4. The predicted octanol–water partition coefficient (Wildman–Crippen LogP) is 3.80. The third kappa shape index (κ3) is 4.13. The number of alkyl halides is 3. The number of nitrogens with one attached hydrogen (secondary N) is 1. The standard InChI is InChI=1S/C14H11F3N2O2/c15-14(16,17)13(18-9-1-5-11(20)6-2-9)19-10-3-7-12(21)8-4-10/h1-8,20-21H,(H,18,19). The molecule has 0 amide bonds. The van der Waals surface area contributed by atoms with Crippen LogP contribution >= 0.6 is 0 Å². The molecule has 0 bridgehead atoms. The minimum absolute atomic E-state index is 0.0476. The van der Waals surface area contributed by atoms with Crippen molar-refractivity contribution < 1.29 is 23.4 Å². The van der Waals surface area contributed by atoms with Crippen LogP contribution in [0.15, 0.2) is 53.5 Å². The zero-order valence-corrected chi connectivity index (χ0v) is 10.6. The molecule has 2 rings (SSSR count). The number of rotatable bonds is 2. The zero-order valence-electron chi connectivity index (χ0n) is 10.6. The van der Waals surface area contributed by atoms with Crippen LogP contribution in [-0.2, 0) is 0 Å². The molecule has 0 heterocycles. The number of phenolic OH excluding ortho intramolecular Hbond substituents is 2. The van der Waals surface area contributed by atoms with Gasteiger partial charge in [0.05, 0.1) is 5.69 Å². The van der Waals surface area contributed by atoms with Crippen molar-refractivity contribution in [1.82, 2.24) is 0 Å². The molecule has 0 fully saturated rings. The summed E-state index contributed by atoms with van der Waals surface area (Å²) in [5, 5.41) is 20.4. The lowest BCUT2D eigenvalue weighted by Crippen LogP contribution is -2.30. The summed E-state index contributed by atoms with van der Waals surface area (Å²) in [6.45, 7) is 0. The molecule has 0 aliphatic rings. The van der Waals surface area contributed by atoms with Gasteiger partial charge in [-0.2, -0.15) is 13.2 Å². The minimum atomic E-state index is -4.67. The van der Waals surface area contributed by atoms with E-state index in [2.05, 4.69) is 10.3 Å². The number of anilines is 1. The normalized spacial score (nSPS) is 12.2. The molecule has 2 aromatic carbocycles. The topological polar surface area (TPSA) is 64.9 Å². The molecule has 0 aromatic heterocycles. The molecule has 0 aliphatic carbocycles. The zero-order chi connectivity index (χ0) is 15.5. The van der Waals surface area contributed by atoms with E-state index in [1.165, 1.54) is 48.5 Å². The molecule has 0 atom stereocenters. The van der Waals surface area contributed by atoms with Gasteiger partial charge < -0.3 is 15.5 Å². The van der Waals surface area contributed by atoms with Gasteiger partial charge in [0, 0.05) is 5.69 Å². The highest BCUT2D eigenvalue weighted by molar-refractivity contribution is 6.01. The fourth-order valence-corrected chi connectivity index (χ4v) is 1.50. The smallest absolute Gasteiger partial charge is 0.449 e. The Labute approximate surface area is 118 Å². The SMILES string of the molecule is Oc1ccc(N=C(Nc2ccc(O)cc2)C(F)(F)F)cc1. The summed E-state index contributed by atoms with van der Waals surface area (Å²) in [5.41, 5.74) is 0.189. The number of phenols is 2. The number of amidine groups is 1. The molecule has 110 valence electrons. The van der Waals surface area contributed by atoms with E-state index in [0.29, 0.717) is 0 Å². The number of nitrogens with zero attached hydrogens (tertiary/aromatic N) is 1. The minimum Gasteiger partial charge on any atom is -0.508 e. The van der Waals surface area contributed by atoms with E-state index in [9.17, 15) is 13.2 Å². The third-order valence-corrected chi connectivity index (χ3v) is 2.49. The largest absolute Gasteiger partial charge is 0.508 e. The second kappa shape index (κ2) is 5.74. The Morgan fingerprint density at radius 2 is 1.33 bits per heavy atom. The summed E-state index contributed by atoms with van der Waals surface area (Å²) in [6, 6.07) is 10.1. The summed E-state index contributed by atoms with van der Waals surface area (Å²) in [6.07, 6.45) is -4.67. The summed E-state index contributed by atoms with van der Waals surface area (Å²) < 4.78 is 38.9. The Bertz CT molecular complexity index is 635. The average Bonchev–Trinajstić information content (AvgIpc) is 2.42. The Kier molecular flexibility index (Phi) is 4.02. The third-order valence-electron chi connectivity index (χ3n) is 2.49. The van der Waals surface area contributed by atoms with Gasteiger partial charge in [-0.15, -0.1) is 0 Å². The van der Waals surface area contributed by atoms with Crippen LogP contribution in [0, 0.1) is 0 Å². The van der Waals surface area contributed by atoms with Crippen LogP contribution < -0.4 is 5.32 Å². The average molecular weight is 296 g/mol. The maximum absolute atomic E-state index is 13.0. The quantitative estimate of drug-likeness (QED) is 0.448. The Morgan fingerprint density at radius 1 is 0.857 bits per heavy atom. The van der Waals surface area contributed by atoms with Gasteiger partial charge in [-0.05, 0) is 48.5 Å². The van der Waals surface area contributed by atoms with Gasteiger partial charge in [-0.25, -0.2) is 4.99 Å². The highest BCUT2D eigenvalue weighted by Gasteiger charge is 2.36. The fourth-order valence-electron chi connectivity index (χ4n) is 1.50. The molecule has 0 spiro atoms. The predicted molar refractivity (Wildman–Crippen MR) is 73.0 cm³/mol. The lowest BCUT2D eigenvalue weighted by Gasteiger charge is -2.13. The van der Waals surface area contributed by atoms with Gasteiger partial charge in [0.2, 0.25) is 5.84 Å². The van der Waals surface area contributed by atoms with Crippen LogP contribution in [0.25, 0.3) is 0 Å². The number of aromatic hydroxyl groups is 2. The van der Waals surface area contributed by atoms with E-state index in [1.54, 1.807) is 0 Å². The van der Waals surface area contributed by atoms with Crippen molar-refractivity contribution in [2.24, 2.45) is 4.99 Å². The van der Waals surface area contributed by atoms with E-state index < -0.39 is 12.0 Å². The molecule has 4 nitrogen and oxygen atoms in total. The Hall–Kier alpha value is -2.70. The van der Waals surface area contributed by atoms with Gasteiger partial charge in [-0.3, -0.25) is 0 Å². The summed E-state index contributed by atoms with van der Waals surface area (Å²) in [4.78, 5) is 3.50. The van der Waals surface area contributed by atoms with Crippen molar-refractivity contribution in [2.75, 3.05) is 5.32 Å². The van der Waals surface area contributed by atoms with E-state index in [0.717, 1.165) is 0 Å². The summed E-state index contributed by atoms with van der Waals surface area (Å²) >= 11 is 0. The Morgan fingerprint density at radius 3 is 1.81 bits per heavy atom. The lowest BCUT2D eigenvalue weighted by molar-refractivity contribution is -0.0586. The van der Waals surface area contributed by atoms with Gasteiger partial charge in [-0.1, -0.05) is 0 Å². The molecule has 7 heteroatoms. The van der Waals surface area contributed by atoms with Crippen LogP contribution in [0.2, 0.25) is 0 Å². The molecule has 3 N–H and O–H groups in total. The summed E-state index contributed by atoms with van der Waals surface area (Å²) in [5.74, 6) is -1.31. The van der Waals surface area contributed by atoms with Crippen molar-refractivity contribution >= 4 is 17.2 Å². The summed E-state index contributed by atoms with van der Waals surface area (Å²) in [7, 11) is 0. The molecule has 0 saturated heterocycles. The van der Waals surface area contributed by atoms with Crippen LogP contribution in [0.3, 0.4) is 0 Å². The number of aliphatic imine (C=N–C) groups is 1. The maximum atomic E-state index is 13.0. The number of hydrogen-bond acceptors (Lipinski definition) is 3. The maximum Gasteiger partial charge on any atom is 0.449 e. The molecular weight excluding hydrogens is 285 g/mol. The highest BCUT2D eigenvalue weighted by Crippen LogP contribution is 2.25. The van der Waals surface area contributed by atoms with Crippen LogP contribution in [0.4, 0.5) is 24.5 Å². The van der Waals surface area contributed by atoms with Gasteiger partial charge in [0.25, 0.3) is 0 Å². The van der Waals surface area contributed by atoms with Gasteiger partial charge in [0.15, 0.2) is 0 Å². The number of benzene rings is 2. The van der Waals surface area contributed by atoms with Gasteiger partial charge >= 0.3 is 6.18 Å². The van der Waals surface area contributed by atoms with Crippen molar-refractivity contribution in [3.8, 4) is 11.5 Å². The molecule has 0 aliphatic heterocycles. The van der Waals surface area contributed by atoms with Crippen molar-refractivity contribution in [1.29, 1.82) is 0 Å². The first-order chi connectivity index (χ1) is 9.84. The monoisotopic (exact) mass is 296 g/mol. The second-order valence-electron chi connectivity index (χ2n) is 4.15. The first-order valence-corrected chi connectivity index (χ1v) is 5.85.